The van der Waals surface area contributed by atoms with Gasteiger partial charge in [0.05, 0.1) is 22.7 Å². The average Bonchev–Trinajstić information content (AvgIpc) is 2.74. The van der Waals surface area contributed by atoms with E-state index in [4.69, 9.17) is 19.6 Å². The van der Waals surface area contributed by atoms with Crippen LogP contribution in [-0.2, 0) is 4.79 Å². The molecule has 2 aliphatic heterocycles. The first-order valence-electron chi connectivity index (χ1n) is 8.85. The molecule has 0 amide bonds. The number of rotatable bonds is 1. The minimum Gasteiger partial charge on any atom is -0.424 e. The van der Waals surface area contributed by atoms with Crippen molar-refractivity contribution in [2.45, 2.75) is 5.92 Å². The molecule has 7 nitrogen and oxygen atoms in total. The van der Waals surface area contributed by atoms with Crippen molar-refractivity contribution in [2.75, 3.05) is 5.73 Å². The highest BCUT2D eigenvalue weighted by molar-refractivity contribution is 9.10. The molecule has 0 saturated heterocycles. The standard InChI is InChI=1S/C22H11BrN2O5/c23-11-6-7-14-12(8-11)15-16-18(25)13(9-24)20(26)30-22(16)29-19(17(15)21(27)28-14)10-4-2-1-3-5-10/h1-8,15H,25H2. The summed E-state index contributed by atoms with van der Waals surface area (Å²) in [6.45, 7) is 0. The molecule has 30 heavy (non-hydrogen) atoms. The summed E-state index contributed by atoms with van der Waals surface area (Å²) < 4.78 is 17.5. The highest BCUT2D eigenvalue weighted by Gasteiger charge is 2.45. The molecule has 0 spiro atoms. The second-order valence-electron chi connectivity index (χ2n) is 6.71. The topological polar surface area (TPSA) is 116 Å². The van der Waals surface area contributed by atoms with E-state index in [0.717, 1.165) is 4.47 Å². The number of nitriles is 1. The van der Waals surface area contributed by atoms with Gasteiger partial charge in [-0.1, -0.05) is 46.3 Å². The van der Waals surface area contributed by atoms with Crippen LogP contribution in [-0.4, -0.2) is 5.97 Å². The number of hydrogen-bond donors (Lipinski definition) is 1. The quantitative estimate of drug-likeness (QED) is 0.432. The zero-order valence-corrected chi connectivity index (χ0v) is 16.7. The summed E-state index contributed by atoms with van der Waals surface area (Å²) in [5, 5.41) is 9.38. The zero-order valence-electron chi connectivity index (χ0n) is 15.1. The predicted octanol–water partition coefficient (Wildman–Crippen LogP) is 3.71. The first-order chi connectivity index (χ1) is 14.5. The van der Waals surface area contributed by atoms with Crippen molar-refractivity contribution >= 4 is 33.3 Å². The van der Waals surface area contributed by atoms with Crippen molar-refractivity contribution in [3.63, 3.8) is 0 Å². The third-order valence-corrected chi connectivity index (χ3v) is 5.53. The summed E-state index contributed by atoms with van der Waals surface area (Å²) in [5.41, 5.74) is 6.56. The van der Waals surface area contributed by atoms with E-state index >= 15 is 0 Å². The summed E-state index contributed by atoms with van der Waals surface area (Å²) in [5.74, 6) is -0.945. The van der Waals surface area contributed by atoms with Gasteiger partial charge in [-0.2, -0.15) is 5.26 Å². The van der Waals surface area contributed by atoms with Gasteiger partial charge >= 0.3 is 11.6 Å². The number of nitrogen functional groups attached to an aromatic ring is 1. The minimum absolute atomic E-state index is 0.0843. The summed E-state index contributed by atoms with van der Waals surface area (Å²) in [6.07, 6.45) is 0. The largest absolute Gasteiger partial charge is 0.424 e. The van der Waals surface area contributed by atoms with Crippen LogP contribution >= 0.6 is 15.9 Å². The monoisotopic (exact) mass is 462 g/mol. The van der Waals surface area contributed by atoms with Gasteiger partial charge in [0.25, 0.3) is 5.95 Å². The van der Waals surface area contributed by atoms with Crippen LogP contribution in [0.1, 0.15) is 28.2 Å². The molecule has 0 fully saturated rings. The summed E-state index contributed by atoms with van der Waals surface area (Å²) >= 11 is 3.44. The van der Waals surface area contributed by atoms with E-state index in [2.05, 4.69) is 15.9 Å². The molecule has 3 aromatic rings. The first kappa shape index (κ1) is 18.2. The Morgan fingerprint density at radius 3 is 2.57 bits per heavy atom. The molecule has 1 unspecified atom stereocenters. The lowest BCUT2D eigenvalue weighted by molar-refractivity contribution is -0.131. The predicted molar refractivity (Wildman–Crippen MR) is 110 cm³/mol. The summed E-state index contributed by atoms with van der Waals surface area (Å²) in [4.78, 5) is 25.3. The number of esters is 1. The second kappa shape index (κ2) is 6.61. The number of anilines is 1. The van der Waals surface area contributed by atoms with Gasteiger partial charge in [0.2, 0.25) is 0 Å². The SMILES string of the molecule is N#Cc1c(N)c2c(oc1=O)OC(c1ccccc1)=C1C(=O)Oc3ccc(Br)cc3C12. The number of hydrogen-bond acceptors (Lipinski definition) is 7. The van der Waals surface area contributed by atoms with E-state index in [9.17, 15) is 14.9 Å². The molecule has 8 heteroatoms. The Bertz CT molecular complexity index is 1370. The fourth-order valence-electron chi connectivity index (χ4n) is 3.74. The molecule has 5 rings (SSSR count). The van der Waals surface area contributed by atoms with Crippen LogP contribution in [0, 0.1) is 11.3 Å². The third kappa shape index (κ3) is 2.56. The number of ether oxygens (including phenoxy) is 2. The molecule has 1 aromatic heterocycles. The van der Waals surface area contributed by atoms with Crippen LogP contribution in [0.15, 0.2) is 67.8 Å². The van der Waals surface area contributed by atoms with Gasteiger partial charge in [0.1, 0.15) is 17.6 Å². The fraction of sp³-hybridized carbons (Fsp3) is 0.0455. The smallest absolute Gasteiger partial charge is 0.358 e. The van der Waals surface area contributed by atoms with E-state index in [-0.39, 0.29) is 34.1 Å². The molecular formula is C22H11BrN2O5. The maximum absolute atomic E-state index is 13.0. The molecule has 0 saturated carbocycles. The van der Waals surface area contributed by atoms with Gasteiger partial charge in [0, 0.05) is 15.6 Å². The number of carbonyl (C=O) groups is 1. The average molecular weight is 463 g/mol. The lowest BCUT2D eigenvalue weighted by Gasteiger charge is -2.33. The lowest BCUT2D eigenvalue weighted by Crippen LogP contribution is -2.31. The Balaban J connectivity index is 1.90. The molecule has 3 heterocycles. The van der Waals surface area contributed by atoms with E-state index < -0.39 is 17.5 Å². The molecule has 0 radical (unpaired) electrons. The fourth-order valence-corrected chi connectivity index (χ4v) is 4.12. The number of fused-ring (bicyclic) bond motifs is 5. The molecule has 2 N–H and O–H groups in total. The van der Waals surface area contributed by atoms with Crippen LogP contribution in [0.4, 0.5) is 5.69 Å². The van der Waals surface area contributed by atoms with Crippen LogP contribution in [0.3, 0.4) is 0 Å². The number of carbonyl (C=O) groups excluding carboxylic acids is 1. The Hall–Kier alpha value is -3.83. The molecule has 146 valence electrons. The maximum Gasteiger partial charge on any atom is 0.358 e. The molecule has 0 bridgehead atoms. The van der Waals surface area contributed by atoms with E-state index in [1.54, 1.807) is 48.5 Å². The van der Waals surface area contributed by atoms with Crippen LogP contribution in [0.2, 0.25) is 0 Å². The minimum atomic E-state index is -0.905. The van der Waals surface area contributed by atoms with Crippen molar-refractivity contribution in [3.8, 4) is 17.8 Å². The molecule has 2 aromatic carbocycles. The molecule has 0 aliphatic carbocycles. The van der Waals surface area contributed by atoms with Gasteiger partial charge in [-0.05, 0) is 18.2 Å². The van der Waals surface area contributed by atoms with E-state index in [1.807, 2.05) is 6.07 Å². The van der Waals surface area contributed by atoms with Crippen LogP contribution in [0.25, 0.3) is 5.76 Å². The van der Waals surface area contributed by atoms with Crippen LogP contribution in [0.5, 0.6) is 11.7 Å². The summed E-state index contributed by atoms with van der Waals surface area (Å²) in [7, 11) is 0. The highest BCUT2D eigenvalue weighted by Crippen LogP contribution is 2.52. The number of benzene rings is 2. The lowest BCUT2D eigenvalue weighted by atomic mass is 9.79. The van der Waals surface area contributed by atoms with E-state index in [1.165, 1.54) is 0 Å². The van der Waals surface area contributed by atoms with Crippen molar-refractivity contribution in [1.82, 2.24) is 0 Å². The molecular weight excluding hydrogens is 452 g/mol. The number of nitrogens with two attached hydrogens (primary N) is 1. The summed E-state index contributed by atoms with van der Waals surface area (Å²) in [6, 6.07) is 15.9. The van der Waals surface area contributed by atoms with Gasteiger partial charge in [-0.15, -0.1) is 0 Å². The Labute approximate surface area is 178 Å². The van der Waals surface area contributed by atoms with Gasteiger partial charge in [0.15, 0.2) is 5.56 Å². The second-order valence-corrected chi connectivity index (χ2v) is 7.62. The Morgan fingerprint density at radius 1 is 1.07 bits per heavy atom. The van der Waals surface area contributed by atoms with E-state index in [0.29, 0.717) is 16.9 Å². The van der Waals surface area contributed by atoms with Crippen molar-refractivity contribution < 1.29 is 18.7 Å². The number of halogens is 1. The normalized spacial score (nSPS) is 16.5. The third-order valence-electron chi connectivity index (χ3n) is 5.04. The van der Waals surface area contributed by atoms with Gasteiger partial charge in [-0.3, -0.25) is 0 Å². The van der Waals surface area contributed by atoms with Crippen molar-refractivity contribution in [3.05, 3.63) is 91.3 Å². The van der Waals surface area contributed by atoms with Crippen molar-refractivity contribution in [2.24, 2.45) is 0 Å². The Morgan fingerprint density at radius 2 is 1.83 bits per heavy atom. The number of nitrogens with zero attached hydrogens (tertiary/aromatic N) is 1. The Kier molecular flexibility index (Phi) is 4.01. The van der Waals surface area contributed by atoms with Crippen LogP contribution < -0.4 is 20.8 Å². The zero-order chi connectivity index (χ0) is 21.0. The van der Waals surface area contributed by atoms with Gasteiger partial charge < -0.3 is 19.6 Å². The highest BCUT2D eigenvalue weighted by atomic mass is 79.9. The molecule has 2 aliphatic rings. The van der Waals surface area contributed by atoms with Gasteiger partial charge in [-0.25, -0.2) is 9.59 Å². The maximum atomic E-state index is 13.0. The first-order valence-corrected chi connectivity index (χ1v) is 9.64. The molecule has 1 atom stereocenters. The van der Waals surface area contributed by atoms with Crippen molar-refractivity contribution in [1.29, 1.82) is 5.26 Å².